The molecule has 2 rings (SSSR count). The third kappa shape index (κ3) is 2.82. The van der Waals surface area contributed by atoms with Gasteiger partial charge in [-0.2, -0.15) is 0 Å². The highest BCUT2D eigenvalue weighted by molar-refractivity contribution is 5.83. The van der Waals surface area contributed by atoms with E-state index in [-0.39, 0.29) is 11.8 Å². The highest BCUT2D eigenvalue weighted by Crippen LogP contribution is 2.21. The first-order chi connectivity index (χ1) is 8.72. The van der Waals surface area contributed by atoms with Gasteiger partial charge in [0.25, 0.3) is 0 Å². The molecule has 1 aromatic carbocycles. The van der Waals surface area contributed by atoms with Crippen LogP contribution >= 0.6 is 0 Å². The molecular weight excluding hydrogens is 228 g/mol. The van der Waals surface area contributed by atoms with Crippen molar-refractivity contribution in [2.24, 2.45) is 0 Å². The number of piperazine rings is 1. The topological polar surface area (TPSA) is 41.6 Å². The standard InChI is InChI=1S/C14H20N2O2/c1-11(12-3-5-13(18-2)6-4-12)14(17)16-9-7-15-8-10-16/h3-6,11,15H,7-10H2,1-2H3. The fraction of sp³-hybridized carbons (Fsp3) is 0.500. The van der Waals surface area contributed by atoms with E-state index in [0.29, 0.717) is 0 Å². The second-order valence-electron chi connectivity index (χ2n) is 4.57. The van der Waals surface area contributed by atoms with Crippen LogP contribution in [0.1, 0.15) is 18.4 Å². The van der Waals surface area contributed by atoms with Crippen molar-refractivity contribution in [2.75, 3.05) is 33.3 Å². The monoisotopic (exact) mass is 248 g/mol. The minimum Gasteiger partial charge on any atom is -0.497 e. The molecule has 1 heterocycles. The first-order valence-electron chi connectivity index (χ1n) is 6.36. The van der Waals surface area contributed by atoms with Crippen molar-refractivity contribution in [3.8, 4) is 5.75 Å². The molecule has 1 aliphatic heterocycles. The van der Waals surface area contributed by atoms with Gasteiger partial charge in [0.05, 0.1) is 13.0 Å². The van der Waals surface area contributed by atoms with Gasteiger partial charge in [0.15, 0.2) is 0 Å². The molecule has 1 unspecified atom stereocenters. The van der Waals surface area contributed by atoms with Crippen LogP contribution < -0.4 is 10.1 Å². The van der Waals surface area contributed by atoms with E-state index in [0.717, 1.165) is 37.5 Å². The van der Waals surface area contributed by atoms with Crippen molar-refractivity contribution in [2.45, 2.75) is 12.8 Å². The number of amides is 1. The number of nitrogens with zero attached hydrogens (tertiary/aromatic N) is 1. The Morgan fingerprint density at radius 1 is 1.28 bits per heavy atom. The quantitative estimate of drug-likeness (QED) is 0.875. The molecule has 0 aromatic heterocycles. The third-order valence-corrected chi connectivity index (χ3v) is 3.41. The highest BCUT2D eigenvalue weighted by Gasteiger charge is 2.22. The summed E-state index contributed by atoms with van der Waals surface area (Å²) in [6.07, 6.45) is 0. The van der Waals surface area contributed by atoms with Gasteiger partial charge in [0, 0.05) is 26.2 Å². The Morgan fingerprint density at radius 2 is 1.89 bits per heavy atom. The van der Waals surface area contributed by atoms with Crippen LogP contribution in [0.3, 0.4) is 0 Å². The maximum atomic E-state index is 12.3. The van der Waals surface area contributed by atoms with E-state index < -0.39 is 0 Å². The molecule has 1 N–H and O–H groups in total. The zero-order valence-electron chi connectivity index (χ0n) is 11.0. The molecule has 1 fully saturated rings. The zero-order valence-corrected chi connectivity index (χ0v) is 11.0. The van der Waals surface area contributed by atoms with Gasteiger partial charge < -0.3 is 15.0 Å². The zero-order chi connectivity index (χ0) is 13.0. The fourth-order valence-electron chi connectivity index (χ4n) is 2.19. The Balaban J connectivity index is 2.04. The molecule has 4 nitrogen and oxygen atoms in total. The lowest BCUT2D eigenvalue weighted by atomic mass is 9.99. The molecule has 0 spiro atoms. The molecule has 1 aliphatic rings. The van der Waals surface area contributed by atoms with Crippen LogP contribution in [0.25, 0.3) is 0 Å². The van der Waals surface area contributed by atoms with Crippen LogP contribution in [-0.2, 0) is 4.79 Å². The van der Waals surface area contributed by atoms with E-state index in [9.17, 15) is 4.79 Å². The van der Waals surface area contributed by atoms with Crippen LogP contribution in [0, 0.1) is 0 Å². The molecule has 0 radical (unpaired) electrons. The summed E-state index contributed by atoms with van der Waals surface area (Å²) >= 11 is 0. The van der Waals surface area contributed by atoms with E-state index in [1.807, 2.05) is 36.1 Å². The molecular formula is C14H20N2O2. The van der Waals surface area contributed by atoms with Gasteiger partial charge in [-0.3, -0.25) is 4.79 Å². The Hall–Kier alpha value is -1.55. The van der Waals surface area contributed by atoms with Crippen LogP contribution in [0.15, 0.2) is 24.3 Å². The van der Waals surface area contributed by atoms with Crippen LogP contribution in [-0.4, -0.2) is 44.1 Å². The molecule has 1 amide bonds. The number of hydrogen-bond donors (Lipinski definition) is 1. The summed E-state index contributed by atoms with van der Waals surface area (Å²) in [6.45, 7) is 5.35. The van der Waals surface area contributed by atoms with E-state index in [2.05, 4.69) is 5.32 Å². The predicted octanol–water partition coefficient (Wildman–Crippen LogP) is 1.23. The van der Waals surface area contributed by atoms with Crippen LogP contribution in [0.4, 0.5) is 0 Å². The second-order valence-corrected chi connectivity index (χ2v) is 4.57. The largest absolute Gasteiger partial charge is 0.497 e. The summed E-state index contributed by atoms with van der Waals surface area (Å²) in [6, 6.07) is 7.72. The molecule has 4 heteroatoms. The maximum absolute atomic E-state index is 12.3. The molecule has 0 aliphatic carbocycles. The maximum Gasteiger partial charge on any atom is 0.229 e. The Kier molecular flexibility index (Phi) is 4.20. The minimum absolute atomic E-state index is 0.0889. The lowest BCUT2D eigenvalue weighted by Crippen LogP contribution is -2.47. The lowest BCUT2D eigenvalue weighted by molar-refractivity contribution is -0.133. The normalized spacial score (nSPS) is 17.3. The minimum atomic E-state index is -0.0889. The third-order valence-electron chi connectivity index (χ3n) is 3.41. The second kappa shape index (κ2) is 5.87. The summed E-state index contributed by atoms with van der Waals surface area (Å²) in [7, 11) is 1.64. The average Bonchev–Trinajstić information content (AvgIpc) is 2.47. The summed E-state index contributed by atoms with van der Waals surface area (Å²) in [5.74, 6) is 0.941. The Morgan fingerprint density at radius 3 is 2.44 bits per heavy atom. The first kappa shape index (κ1) is 12.9. The smallest absolute Gasteiger partial charge is 0.229 e. The van der Waals surface area contributed by atoms with Crippen LogP contribution in [0.5, 0.6) is 5.75 Å². The van der Waals surface area contributed by atoms with Crippen molar-refractivity contribution in [3.05, 3.63) is 29.8 Å². The van der Waals surface area contributed by atoms with Gasteiger partial charge in [0.1, 0.15) is 5.75 Å². The van der Waals surface area contributed by atoms with Gasteiger partial charge in [-0.1, -0.05) is 12.1 Å². The van der Waals surface area contributed by atoms with Gasteiger partial charge in [-0.05, 0) is 24.6 Å². The van der Waals surface area contributed by atoms with E-state index >= 15 is 0 Å². The van der Waals surface area contributed by atoms with E-state index in [4.69, 9.17) is 4.74 Å². The average molecular weight is 248 g/mol. The molecule has 1 aromatic rings. The predicted molar refractivity (Wildman–Crippen MR) is 70.9 cm³/mol. The van der Waals surface area contributed by atoms with Gasteiger partial charge >= 0.3 is 0 Å². The highest BCUT2D eigenvalue weighted by atomic mass is 16.5. The lowest BCUT2D eigenvalue weighted by Gasteiger charge is -2.30. The number of benzene rings is 1. The number of nitrogens with one attached hydrogen (secondary N) is 1. The molecule has 1 atom stereocenters. The number of carbonyl (C=O) groups excluding carboxylic acids is 1. The summed E-state index contributed by atoms with van der Waals surface area (Å²) < 4.78 is 5.12. The fourth-order valence-corrected chi connectivity index (χ4v) is 2.19. The van der Waals surface area contributed by atoms with Crippen LogP contribution in [0.2, 0.25) is 0 Å². The van der Waals surface area contributed by atoms with Crippen molar-refractivity contribution in [3.63, 3.8) is 0 Å². The Labute approximate surface area is 108 Å². The van der Waals surface area contributed by atoms with Gasteiger partial charge in [-0.15, -0.1) is 0 Å². The van der Waals surface area contributed by atoms with E-state index in [1.165, 1.54) is 0 Å². The van der Waals surface area contributed by atoms with Crippen molar-refractivity contribution in [1.82, 2.24) is 10.2 Å². The number of hydrogen-bond acceptors (Lipinski definition) is 3. The molecule has 98 valence electrons. The summed E-state index contributed by atoms with van der Waals surface area (Å²) in [5.41, 5.74) is 1.04. The number of rotatable bonds is 3. The van der Waals surface area contributed by atoms with Crippen molar-refractivity contribution in [1.29, 1.82) is 0 Å². The molecule has 0 bridgehead atoms. The Bertz CT molecular complexity index is 397. The van der Waals surface area contributed by atoms with Gasteiger partial charge in [-0.25, -0.2) is 0 Å². The summed E-state index contributed by atoms with van der Waals surface area (Å²) in [4.78, 5) is 14.3. The first-order valence-corrected chi connectivity index (χ1v) is 6.36. The molecule has 18 heavy (non-hydrogen) atoms. The molecule has 0 saturated carbocycles. The van der Waals surface area contributed by atoms with E-state index in [1.54, 1.807) is 7.11 Å². The molecule has 1 saturated heterocycles. The number of carbonyl (C=O) groups is 1. The number of ether oxygens (including phenoxy) is 1. The number of methoxy groups -OCH3 is 1. The summed E-state index contributed by atoms with van der Waals surface area (Å²) in [5, 5.41) is 3.25. The SMILES string of the molecule is COc1ccc(C(C)C(=O)N2CCNCC2)cc1. The van der Waals surface area contributed by atoms with Gasteiger partial charge in [0.2, 0.25) is 5.91 Å². The van der Waals surface area contributed by atoms with Crippen molar-refractivity contribution < 1.29 is 9.53 Å². The van der Waals surface area contributed by atoms with Crippen molar-refractivity contribution >= 4 is 5.91 Å².